The molecule has 0 radical (unpaired) electrons. The Hall–Kier alpha value is -2.17. The predicted molar refractivity (Wildman–Crippen MR) is 81.8 cm³/mol. The van der Waals surface area contributed by atoms with Gasteiger partial charge in [0.25, 0.3) is 0 Å². The van der Waals surface area contributed by atoms with Crippen LogP contribution in [0.3, 0.4) is 0 Å². The van der Waals surface area contributed by atoms with Gasteiger partial charge in [-0.3, -0.25) is 4.79 Å². The molecule has 0 heterocycles. The van der Waals surface area contributed by atoms with E-state index in [1.54, 1.807) is 12.1 Å². The number of rotatable bonds is 10. The van der Waals surface area contributed by atoms with E-state index in [-0.39, 0.29) is 31.9 Å². The summed E-state index contributed by atoms with van der Waals surface area (Å²) in [6, 6.07) is 9.05. The standard InChI is InChI=1S/C13H19N3O6S/c17-12(18)6-7-15-16-23(20,21)9-8-14-13(19)22-10-11-4-2-1-3-5-11/h1-5,15-16H,6-10H2,(H,14,19)(H,17,18). The lowest BCUT2D eigenvalue weighted by Crippen LogP contribution is -2.42. The van der Waals surface area contributed by atoms with Gasteiger partial charge in [0.05, 0.1) is 12.2 Å². The van der Waals surface area contributed by atoms with Crippen molar-refractivity contribution in [3.05, 3.63) is 35.9 Å². The fourth-order valence-electron chi connectivity index (χ4n) is 1.44. The molecule has 0 bridgehead atoms. The van der Waals surface area contributed by atoms with Crippen LogP contribution in [0.1, 0.15) is 12.0 Å². The number of benzene rings is 1. The molecule has 0 saturated heterocycles. The van der Waals surface area contributed by atoms with Crippen molar-refractivity contribution in [2.45, 2.75) is 13.0 Å². The van der Waals surface area contributed by atoms with Gasteiger partial charge in [-0.1, -0.05) is 30.3 Å². The van der Waals surface area contributed by atoms with Gasteiger partial charge in [-0.05, 0) is 5.56 Å². The van der Waals surface area contributed by atoms with Gasteiger partial charge >= 0.3 is 12.1 Å². The minimum atomic E-state index is -3.67. The van der Waals surface area contributed by atoms with Crippen LogP contribution in [0.25, 0.3) is 0 Å². The Bertz CT molecular complexity index is 605. The molecule has 10 heteroatoms. The highest BCUT2D eigenvalue weighted by Gasteiger charge is 2.11. The molecule has 9 nitrogen and oxygen atoms in total. The Balaban J connectivity index is 2.16. The number of carbonyl (C=O) groups excluding carboxylic acids is 1. The number of ether oxygens (including phenoxy) is 1. The van der Waals surface area contributed by atoms with Crippen molar-refractivity contribution >= 4 is 22.1 Å². The van der Waals surface area contributed by atoms with Crippen molar-refractivity contribution in [2.75, 3.05) is 18.8 Å². The van der Waals surface area contributed by atoms with Crippen LogP contribution in [-0.2, 0) is 26.2 Å². The van der Waals surface area contributed by atoms with Gasteiger partial charge in [-0.15, -0.1) is 0 Å². The summed E-state index contributed by atoms with van der Waals surface area (Å²) in [6.07, 6.45) is -0.935. The zero-order valence-corrected chi connectivity index (χ0v) is 13.1. The van der Waals surface area contributed by atoms with E-state index in [0.717, 1.165) is 5.56 Å². The van der Waals surface area contributed by atoms with Crippen LogP contribution >= 0.6 is 0 Å². The average Bonchev–Trinajstić information content (AvgIpc) is 2.50. The van der Waals surface area contributed by atoms with Gasteiger partial charge in [0.2, 0.25) is 10.0 Å². The van der Waals surface area contributed by atoms with Crippen molar-refractivity contribution < 1.29 is 27.9 Å². The number of hydrazine groups is 1. The molecule has 0 aromatic heterocycles. The summed E-state index contributed by atoms with van der Waals surface area (Å²) in [4.78, 5) is 23.7. The van der Waals surface area contributed by atoms with Crippen LogP contribution in [0.2, 0.25) is 0 Å². The first-order chi connectivity index (χ1) is 10.9. The molecule has 0 aliphatic heterocycles. The second kappa shape index (κ2) is 9.77. The minimum Gasteiger partial charge on any atom is -0.481 e. The van der Waals surface area contributed by atoms with Crippen LogP contribution in [-0.4, -0.2) is 44.4 Å². The maximum atomic E-state index is 11.5. The summed E-state index contributed by atoms with van der Waals surface area (Å²) in [5.74, 6) is -1.41. The van der Waals surface area contributed by atoms with Crippen molar-refractivity contribution in [3.8, 4) is 0 Å². The first-order valence-electron chi connectivity index (χ1n) is 6.78. The molecule has 1 aromatic rings. The Labute approximate surface area is 134 Å². The number of alkyl carbamates (subject to hydrolysis) is 1. The monoisotopic (exact) mass is 345 g/mol. The maximum absolute atomic E-state index is 11.5. The van der Waals surface area contributed by atoms with Crippen LogP contribution in [0, 0.1) is 0 Å². The molecule has 23 heavy (non-hydrogen) atoms. The van der Waals surface area contributed by atoms with Gasteiger partial charge in [-0.25, -0.2) is 18.6 Å². The number of carbonyl (C=O) groups is 2. The van der Waals surface area contributed by atoms with E-state index in [1.165, 1.54) is 0 Å². The number of aliphatic carboxylic acids is 1. The van der Waals surface area contributed by atoms with Crippen LogP contribution in [0.15, 0.2) is 30.3 Å². The highest BCUT2D eigenvalue weighted by molar-refractivity contribution is 7.89. The van der Waals surface area contributed by atoms with Crippen molar-refractivity contribution in [1.82, 2.24) is 15.6 Å². The summed E-state index contributed by atoms with van der Waals surface area (Å²) >= 11 is 0. The lowest BCUT2D eigenvalue weighted by atomic mass is 10.2. The molecule has 0 aliphatic rings. The summed E-state index contributed by atoms with van der Waals surface area (Å²) in [6.45, 7) is -0.0842. The molecule has 0 unspecified atom stereocenters. The van der Waals surface area contributed by atoms with Gasteiger partial charge < -0.3 is 15.2 Å². The number of hydrogen-bond acceptors (Lipinski definition) is 6. The predicted octanol–water partition coefficient (Wildman–Crippen LogP) is -0.188. The van der Waals surface area contributed by atoms with Crippen LogP contribution in [0.4, 0.5) is 4.79 Å². The summed E-state index contributed by atoms with van der Waals surface area (Å²) in [5.41, 5.74) is 3.10. The summed E-state index contributed by atoms with van der Waals surface area (Å²) in [5, 5.41) is 10.7. The first kappa shape index (κ1) is 18.9. The van der Waals surface area contributed by atoms with Gasteiger partial charge in [-0.2, -0.15) is 4.83 Å². The molecule has 1 rings (SSSR count). The zero-order valence-electron chi connectivity index (χ0n) is 12.3. The Morgan fingerprint density at radius 3 is 2.48 bits per heavy atom. The Morgan fingerprint density at radius 1 is 1.13 bits per heavy atom. The zero-order chi connectivity index (χ0) is 17.1. The van der Waals surface area contributed by atoms with Crippen molar-refractivity contribution in [3.63, 3.8) is 0 Å². The van der Waals surface area contributed by atoms with E-state index in [0.29, 0.717) is 0 Å². The molecule has 0 atom stereocenters. The van der Waals surface area contributed by atoms with Gasteiger partial charge in [0, 0.05) is 13.1 Å². The SMILES string of the molecule is O=C(O)CCNNS(=O)(=O)CCNC(=O)OCc1ccccc1. The molecule has 0 spiro atoms. The largest absolute Gasteiger partial charge is 0.481 e. The summed E-state index contributed by atoms with van der Waals surface area (Å²) < 4.78 is 28.0. The molecule has 0 aliphatic carbocycles. The average molecular weight is 345 g/mol. The third-order valence-corrected chi connectivity index (χ3v) is 3.74. The quantitative estimate of drug-likeness (QED) is 0.341. The molecule has 128 valence electrons. The smallest absolute Gasteiger partial charge is 0.407 e. The number of hydrogen-bond donors (Lipinski definition) is 4. The molecule has 0 saturated carbocycles. The number of carboxylic acids is 1. The second-order valence-electron chi connectivity index (χ2n) is 4.48. The summed E-state index contributed by atoms with van der Waals surface area (Å²) in [7, 11) is -3.67. The highest BCUT2D eigenvalue weighted by atomic mass is 32.2. The van der Waals surface area contributed by atoms with E-state index in [9.17, 15) is 18.0 Å². The molecular weight excluding hydrogens is 326 g/mol. The maximum Gasteiger partial charge on any atom is 0.407 e. The molecule has 4 N–H and O–H groups in total. The first-order valence-corrected chi connectivity index (χ1v) is 8.43. The number of carboxylic acid groups (broad SMARTS) is 1. The molecular formula is C13H19N3O6S. The van der Waals surface area contributed by atoms with E-state index >= 15 is 0 Å². The van der Waals surface area contributed by atoms with E-state index in [4.69, 9.17) is 9.84 Å². The third-order valence-electron chi connectivity index (χ3n) is 2.54. The Kier molecular flexibility index (Phi) is 8.02. The second-order valence-corrected chi connectivity index (χ2v) is 6.32. The molecule has 1 aromatic carbocycles. The fourth-order valence-corrected chi connectivity index (χ4v) is 2.24. The van der Waals surface area contributed by atoms with Crippen molar-refractivity contribution in [2.24, 2.45) is 0 Å². The minimum absolute atomic E-state index is 0.0406. The highest BCUT2D eigenvalue weighted by Crippen LogP contribution is 2.00. The van der Waals surface area contributed by atoms with E-state index in [2.05, 4.69) is 10.7 Å². The van der Waals surface area contributed by atoms with E-state index in [1.807, 2.05) is 23.0 Å². The lowest BCUT2D eigenvalue weighted by Gasteiger charge is -2.09. The van der Waals surface area contributed by atoms with E-state index < -0.39 is 22.1 Å². The third kappa shape index (κ3) is 9.45. The molecule has 1 amide bonds. The van der Waals surface area contributed by atoms with Gasteiger partial charge in [0.1, 0.15) is 6.61 Å². The van der Waals surface area contributed by atoms with Crippen LogP contribution in [0.5, 0.6) is 0 Å². The number of amides is 1. The lowest BCUT2D eigenvalue weighted by molar-refractivity contribution is -0.136. The topological polar surface area (TPSA) is 134 Å². The number of sulfonamides is 1. The molecule has 0 fully saturated rings. The number of nitrogens with one attached hydrogen (secondary N) is 3. The normalized spacial score (nSPS) is 11.0. The fraction of sp³-hybridized carbons (Fsp3) is 0.385. The van der Waals surface area contributed by atoms with Crippen LogP contribution < -0.4 is 15.6 Å². The van der Waals surface area contributed by atoms with Gasteiger partial charge in [0.15, 0.2) is 0 Å². The van der Waals surface area contributed by atoms with Crippen molar-refractivity contribution in [1.29, 1.82) is 0 Å². The Morgan fingerprint density at radius 2 is 1.83 bits per heavy atom.